The number of aliphatic carboxylic acids is 1. The lowest BCUT2D eigenvalue weighted by Crippen LogP contribution is -2.36. The summed E-state index contributed by atoms with van der Waals surface area (Å²) in [5.74, 6) is -0.831. The van der Waals surface area contributed by atoms with E-state index in [-0.39, 0.29) is 18.3 Å². The van der Waals surface area contributed by atoms with E-state index in [1.807, 2.05) is 31.2 Å². The van der Waals surface area contributed by atoms with Gasteiger partial charge in [0.2, 0.25) is 0 Å². The van der Waals surface area contributed by atoms with Gasteiger partial charge in [0.15, 0.2) is 0 Å². The lowest BCUT2D eigenvalue weighted by Gasteiger charge is -2.32. The predicted octanol–water partition coefficient (Wildman–Crippen LogP) is 2.48. The number of aryl methyl sites for hydroxylation is 1. The zero-order valence-corrected chi connectivity index (χ0v) is 13.0. The van der Waals surface area contributed by atoms with Gasteiger partial charge < -0.3 is 14.7 Å². The minimum Gasteiger partial charge on any atom is -0.481 e. The number of carbonyl (C=O) groups is 2. The van der Waals surface area contributed by atoms with Crippen LogP contribution in [0.4, 0.5) is 5.69 Å². The zero-order valence-electron chi connectivity index (χ0n) is 13.0. The molecule has 22 heavy (non-hydrogen) atoms. The smallest absolute Gasteiger partial charge is 0.309 e. The Hall–Kier alpha value is -2.04. The highest BCUT2D eigenvalue weighted by Gasteiger charge is 2.25. The van der Waals surface area contributed by atoms with E-state index in [0.29, 0.717) is 13.0 Å². The summed E-state index contributed by atoms with van der Waals surface area (Å²) in [5.41, 5.74) is 2.16. The molecule has 5 nitrogen and oxygen atoms in total. The first-order valence-electron chi connectivity index (χ1n) is 7.82. The van der Waals surface area contributed by atoms with E-state index in [1.165, 1.54) is 0 Å². The van der Waals surface area contributed by atoms with Crippen molar-refractivity contribution in [3.8, 4) is 0 Å². The zero-order chi connectivity index (χ0) is 15.9. The number of carbonyl (C=O) groups excluding carboxylic acids is 1. The highest BCUT2D eigenvalue weighted by atomic mass is 16.5. The van der Waals surface area contributed by atoms with Crippen LogP contribution in [0.25, 0.3) is 0 Å². The summed E-state index contributed by atoms with van der Waals surface area (Å²) >= 11 is 0. The second kappa shape index (κ2) is 7.82. The summed E-state index contributed by atoms with van der Waals surface area (Å²) < 4.78 is 5.08. The Morgan fingerprint density at radius 3 is 2.41 bits per heavy atom. The fraction of sp³-hybridized carbons (Fsp3) is 0.529. The molecule has 0 radical (unpaired) electrons. The van der Waals surface area contributed by atoms with E-state index in [9.17, 15) is 9.59 Å². The van der Waals surface area contributed by atoms with Gasteiger partial charge in [-0.25, -0.2) is 0 Å². The van der Waals surface area contributed by atoms with Crippen molar-refractivity contribution in [2.75, 3.05) is 24.6 Å². The number of nitrogens with zero attached hydrogens (tertiary/aromatic N) is 1. The summed E-state index contributed by atoms with van der Waals surface area (Å²) in [6.07, 6.45) is 2.35. The van der Waals surface area contributed by atoms with E-state index in [0.717, 1.165) is 37.2 Å². The Bertz CT molecular complexity index is 504. The molecule has 0 aromatic heterocycles. The minimum atomic E-state index is -0.773. The van der Waals surface area contributed by atoms with Crippen molar-refractivity contribution in [3.05, 3.63) is 29.8 Å². The van der Waals surface area contributed by atoms with Gasteiger partial charge in [-0.1, -0.05) is 12.1 Å². The third-order valence-corrected chi connectivity index (χ3v) is 4.04. The predicted molar refractivity (Wildman–Crippen MR) is 84.0 cm³/mol. The number of hydrogen-bond donors (Lipinski definition) is 1. The standard InChI is InChI=1S/C17H23NO4/c1-2-22-17(21)14-9-11-18(12-10-14)15-6-3-13(4-7-15)5-8-16(19)20/h3-4,6-7,14H,2,5,8-12H2,1H3,(H,19,20). The van der Waals surface area contributed by atoms with Crippen LogP contribution in [0.1, 0.15) is 31.7 Å². The maximum Gasteiger partial charge on any atom is 0.309 e. The molecule has 0 unspecified atom stereocenters. The Morgan fingerprint density at radius 1 is 1.23 bits per heavy atom. The second-order valence-electron chi connectivity index (χ2n) is 5.57. The Labute approximate surface area is 130 Å². The third kappa shape index (κ3) is 4.48. The molecule has 1 aromatic carbocycles. The molecule has 0 aliphatic carbocycles. The number of piperidine rings is 1. The van der Waals surface area contributed by atoms with Gasteiger partial charge in [-0.2, -0.15) is 0 Å². The molecule has 120 valence electrons. The van der Waals surface area contributed by atoms with Gasteiger partial charge in [-0.05, 0) is 43.9 Å². The van der Waals surface area contributed by atoms with Gasteiger partial charge in [0.1, 0.15) is 0 Å². The first kappa shape index (κ1) is 16.3. The molecule has 0 bridgehead atoms. The number of hydrogen-bond acceptors (Lipinski definition) is 4. The van der Waals surface area contributed by atoms with Gasteiger partial charge in [0.05, 0.1) is 12.5 Å². The van der Waals surface area contributed by atoms with E-state index < -0.39 is 5.97 Å². The molecule has 5 heteroatoms. The fourth-order valence-corrected chi connectivity index (χ4v) is 2.76. The Morgan fingerprint density at radius 2 is 1.86 bits per heavy atom. The third-order valence-electron chi connectivity index (χ3n) is 4.04. The fourth-order valence-electron chi connectivity index (χ4n) is 2.76. The monoisotopic (exact) mass is 305 g/mol. The number of esters is 1. The molecule has 1 heterocycles. The number of anilines is 1. The maximum absolute atomic E-state index is 11.7. The molecule has 2 rings (SSSR count). The molecule has 1 aromatic rings. The summed E-state index contributed by atoms with van der Waals surface area (Å²) in [7, 11) is 0. The van der Waals surface area contributed by atoms with Crippen LogP contribution >= 0.6 is 0 Å². The van der Waals surface area contributed by atoms with E-state index in [2.05, 4.69) is 4.90 Å². The van der Waals surface area contributed by atoms with Crippen LogP contribution in [-0.4, -0.2) is 36.7 Å². The topological polar surface area (TPSA) is 66.8 Å². The van der Waals surface area contributed by atoms with E-state index in [4.69, 9.17) is 9.84 Å². The molecule has 1 N–H and O–H groups in total. The molecular formula is C17H23NO4. The largest absolute Gasteiger partial charge is 0.481 e. The van der Waals surface area contributed by atoms with Crippen molar-refractivity contribution in [1.29, 1.82) is 0 Å². The summed E-state index contributed by atoms with van der Waals surface area (Å²) in [6, 6.07) is 8.02. The second-order valence-corrected chi connectivity index (χ2v) is 5.57. The van der Waals surface area contributed by atoms with Gasteiger partial charge in [0.25, 0.3) is 0 Å². The first-order valence-corrected chi connectivity index (χ1v) is 7.82. The quantitative estimate of drug-likeness (QED) is 0.818. The van der Waals surface area contributed by atoms with Crippen molar-refractivity contribution in [2.24, 2.45) is 5.92 Å². The van der Waals surface area contributed by atoms with Crippen LogP contribution in [-0.2, 0) is 20.7 Å². The normalized spacial score (nSPS) is 15.6. The summed E-state index contributed by atoms with van der Waals surface area (Å²) in [5, 5.41) is 8.70. The molecule has 0 spiro atoms. The average Bonchev–Trinajstić information content (AvgIpc) is 2.54. The number of rotatable bonds is 6. The average molecular weight is 305 g/mol. The highest BCUT2D eigenvalue weighted by molar-refractivity contribution is 5.73. The van der Waals surface area contributed by atoms with Gasteiger partial charge in [0, 0.05) is 25.2 Å². The van der Waals surface area contributed by atoms with Gasteiger partial charge in [-0.3, -0.25) is 9.59 Å². The van der Waals surface area contributed by atoms with Crippen LogP contribution in [0.3, 0.4) is 0 Å². The molecule has 1 aliphatic heterocycles. The van der Waals surface area contributed by atoms with E-state index in [1.54, 1.807) is 0 Å². The van der Waals surface area contributed by atoms with Crippen molar-refractivity contribution in [1.82, 2.24) is 0 Å². The number of benzene rings is 1. The van der Waals surface area contributed by atoms with Crippen molar-refractivity contribution in [2.45, 2.75) is 32.6 Å². The van der Waals surface area contributed by atoms with Crippen molar-refractivity contribution >= 4 is 17.6 Å². The Balaban J connectivity index is 1.86. The number of ether oxygens (including phenoxy) is 1. The van der Waals surface area contributed by atoms with Crippen LogP contribution in [0.5, 0.6) is 0 Å². The molecule has 0 amide bonds. The van der Waals surface area contributed by atoms with Crippen molar-refractivity contribution in [3.63, 3.8) is 0 Å². The highest BCUT2D eigenvalue weighted by Crippen LogP contribution is 2.24. The Kier molecular flexibility index (Phi) is 5.81. The summed E-state index contributed by atoms with van der Waals surface area (Å²) in [4.78, 5) is 24.6. The molecule has 0 saturated carbocycles. The van der Waals surface area contributed by atoms with E-state index >= 15 is 0 Å². The SMILES string of the molecule is CCOC(=O)C1CCN(c2ccc(CCC(=O)O)cc2)CC1. The molecule has 1 fully saturated rings. The number of carboxylic acids is 1. The maximum atomic E-state index is 11.7. The summed E-state index contributed by atoms with van der Waals surface area (Å²) in [6.45, 7) is 3.96. The van der Waals surface area contributed by atoms with Crippen LogP contribution in [0.2, 0.25) is 0 Å². The van der Waals surface area contributed by atoms with Gasteiger partial charge in [-0.15, -0.1) is 0 Å². The van der Waals surface area contributed by atoms with Crippen LogP contribution in [0.15, 0.2) is 24.3 Å². The lowest BCUT2D eigenvalue weighted by molar-refractivity contribution is -0.148. The van der Waals surface area contributed by atoms with Crippen LogP contribution < -0.4 is 4.90 Å². The van der Waals surface area contributed by atoms with Crippen molar-refractivity contribution < 1.29 is 19.4 Å². The van der Waals surface area contributed by atoms with Gasteiger partial charge >= 0.3 is 11.9 Å². The first-order chi connectivity index (χ1) is 10.6. The number of carboxylic acid groups (broad SMARTS) is 1. The molecule has 0 atom stereocenters. The van der Waals surface area contributed by atoms with Crippen LogP contribution in [0, 0.1) is 5.92 Å². The minimum absolute atomic E-state index is 0.0195. The molecular weight excluding hydrogens is 282 g/mol. The lowest BCUT2D eigenvalue weighted by atomic mass is 9.96. The molecule has 1 saturated heterocycles. The molecule has 1 aliphatic rings.